The highest BCUT2D eigenvalue weighted by atomic mass is 19.1. The van der Waals surface area contributed by atoms with Gasteiger partial charge in [0.2, 0.25) is 0 Å². The minimum Gasteiger partial charge on any atom is -0.487 e. The van der Waals surface area contributed by atoms with Gasteiger partial charge in [-0.3, -0.25) is 0 Å². The fraction of sp³-hybridized carbons (Fsp3) is 0.400. The van der Waals surface area contributed by atoms with Gasteiger partial charge in [0, 0.05) is 19.6 Å². The summed E-state index contributed by atoms with van der Waals surface area (Å²) < 4.78 is 19.4. The lowest BCUT2D eigenvalue weighted by atomic mass is 10.0. The molecule has 128 valence electrons. The van der Waals surface area contributed by atoms with Gasteiger partial charge < -0.3 is 14.7 Å². The van der Waals surface area contributed by atoms with E-state index in [2.05, 4.69) is 4.90 Å². The number of hydrogen-bond acceptors (Lipinski definition) is 3. The maximum atomic E-state index is 13.6. The van der Waals surface area contributed by atoms with E-state index in [1.54, 1.807) is 18.2 Å². The van der Waals surface area contributed by atoms with Gasteiger partial charge in [-0.05, 0) is 37.0 Å². The summed E-state index contributed by atoms with van der Waals surface area (Å²) in [5.41, 5.74) is 0.968. The summed E-state index contributed by atoms with van der Waals surface area (Å²) >= 11 is 0. The highest BCUT2D eigenvalue weighted by molar-refractivity contribution is 5.24. The summed E-state index contributed by atoms with van der Waals surface area (Å²) in [6.07, 6.45) is 2.14. The molecule has 1 aliphatic heterocycles. The average molecular weight is 329 g/mol. The van der Waals surface area contributed by atoms with Gasteiger partial charge in [-0.2, -0.15) is 0 Å². The second-order valence-corrected chi connectivity index (χ2v) is 6.30. The molecule has 0 aromatic heterocycles. The topological polar surface area (TPSA) is 32.7 Å². The van der Waals surface area contributed by atoms with Gasteiger partial charge in [0.25, 0.3) is 0 Å². The third kappa shape index (κ3) is 4.56. The van der Waals surface area contributed by atoms with Crippen molar-refractivity contribution >= 4 is 0 Å². The minimum absolute atomic E-state index is 0.0668. The summed E-state index contributed by atoms with van der Waals surface area (Å²) in [5.74, 6) is 0.0429. The van der Waals surface area contributed by atoms with Crippen LogP contribution in [0.2, 0.25) is 0 Å². The van der Waals surface area contributed by atoms with Gasteiger partial charge in [0.05, 0.1) is 6.10 Å². The van der Waals surface area contributed by atoms with E-state index >= 15 is 0 Å². The lowest BCUT2D eigenvalue weighted by Gasteiger charge is -2.32. The second kappa shape index (κ2) is 8.27. The van der Waals surface area contributed by atoms with Gasteiger partial charge in [-0.1, -0.05) is 42.5 Å². The molecule has 0 saturated carbocycles. The van der Waals surface area contributed by atoms with Crippen LogP contribution in [-0.2, 0) is 0 Å². The van der Waals surface area contributed by atoms with E-state index in [9.17, 15) is 9.50 Å². The molecule has 0 radical (unpaired) electrons. The largest absolute Gasteiger partial charge is 0.487 e. The molecule has 4 heteroatoms. The monoisotopic (exact) mass is 329 g/mol. The Morgan fingerprint density at radius 3 is 2.42 bits per heavy atom. The number of hydrogen-bond donors (Lipinski definition) is 1. The molecule has 1 saturated heterocycles. The summed E-state index contributed by atoms with van der Waals surface area (Å²) in [5, 5.41) is 10.2. The van der Waals surface area contributed by atoms with Crippen molar-refractivity contribution in [2.24, 2.45) is 0 Å². The molecule has 24 heavy (non-hydrogen) atoms. The number of nitrogens with zero attached hydrogens (tertiary/aromatic N) is 1. The highest BCUT2D eigenvalue weighted by Gasteiger charge is 2.22. The molecule has 2 aromatic rings. The molecular formula is C20H24FNO2. The first-order valence-electron chi connectivity index (χ1n) is 8.59. The van der Waals surface area contributed by atoms with Crippen LogP contribution in [0, 0.1) is 5.82 Å². The molecule has 0 unspecified atom stereocenters. The van der Waals surface area contributed by atoms with Crippen molar-refractivity contribution in [3.8, 4) is 5.75 Å². The zero-order valence-corrected chi connectivity index (χ0v) is 13.8. The first-order chi connectivity index (χ1) is 11.7. The molecule has 3 rings (SSSR count). The van der Waals surface area contributed by atoms with Crippen molar-refractivity contribution in [3.05, 3.63) is 66.0 Å². The molecule has 0 aliphatic carbocycles. The van der Waals surface area contributed by atoms with Crippen molar-refractivity contribution in [2.45, 2.75) is 31.5 Å². The van der Waals surface area contributed by atoms with Gasteiger partial charge in [-0.25, -0.2) is 4.39 Å². The van der Waals surface area contributed by atoms with Crippen LogP contribution in [-0.4, -0.2) is 35.7 Å². The number of likely N-dealkylation sites (tertiary alicyclic amines) is 1. The van der Waals surface area contributed by atoms with E-state index in [0.29, 0.717) is 5.75 Å². The van der Waals surface area contributed by atoms with Crippen molar-refractivity contribution in [2.75, 3.05) is 19.6 Å². The summed E-state index contributed by atoms with van der Waals surface area (Å²) in [6.45, 7) is 2.70. The Bertz CT molecular complexity index is 627. The molecule has 1 heterocycles. The Morgan fingerprint density at radius 2 is 1.71 bits per heavy atom. The Morgan fingerprint density at radius 1 is 1.04 bits per heavy atom. The fourth-order valence-electron chi connectivity index (χ4n) is 3.12. The molecular weight excluding hydrogens is 305 g/mol. The third-order valence-corrected chi connectivity index (χ3v) is 4.57. The molecule has 0 bridgehead atoms. The highest BCUT2D eigenvalue weighted by Crippen LogP contribution is 2.23. The Kier molecular flexibility index (Phi) is 5.83. The maximum Gasteiger partial charge on any atom is 0.165 e. The Labute approximate surface area is 142 Å². The van der Waals surface area contributed by atoms with Crippen LogP contribution < -0.4 is 4.74 Å². The quantitative estimate of drug-likeness (QED) is 0.875. The van der Waals surface area contributed by atoms with Crippen LogP contribution in [0.3, 0.4) is 0 Å². The average Bonchev–Trinajstić information content (AvgIpc) is 2.63. The van der Waals surface area contributed by atoms with Crippen LogP contribution in [0.15, 0.2) is 54.6 Å². The van der Waals surface area contributed by atoms with Crippen molar-refractivity contribution < 1.29 is 14.2 Å². The van der Waals surface area contributed by atoms with Crippen LogP contribution in [0.1, 0.15) is 30.9 Å². The number of halogens is 1. The Hall–Kier alpha value is -1.91. The van der Waals surface area contributed by atoms with Gasteiger partial charge in [0.15, 0.2) is 11.6 Å². The summed E-state index contributed by atoms with van der Waals surface area (Å²) in [6, 6.07) is 16.3. The third-order valence-electron chi connectivity index (χ3n) is 4.57. The number of benzene rings is 2. The van der Waals surface area contributed by atoms with Crippen LogP contribution in [0.4, 0.5) is 4.39 Å². The fourth-order valence-corrected chi connectivity index (χ4v) is 3.12. The Balaban J connectivity index is 1.42. The lowest BCUT2D eigenvalue weighted by molar-refractivity contribution is 0.0824. The molecule has 1 aliphatic rings. The molecule has 1 N–H and O–H groups in total. The van der Waals surface area contributed by atoms with Crippen LogP contribution in [0.5, 0.6) is 5.75 Å². The molecule has 0 amide bonds. The molecule has 3 nitrogen and oxygen atoms in total. The number of rotatable bonds is 6. The second-order valence-electron chi connectivity index (χ2n) is 6.30. The van der Waals surface area contributed by atoms with E-state index in [1.807, 2.05) is 30.3 Å². The van der Waals surface area contributed by atoms with E-state index in [0.717, 1.165) is 44.5 Å². The number of aliphatic hydroxyl groups is 1. The van der Waals surface area contributed by atoms with Gasteiger partial charge in [0.1, 0.15) is 6.10 Å². The van der Waals surface area contributed by atoms with E-state index < -0.39 is 6.10 Å². The SMILES string of the molecule is O[C@@H](CCN1CCC(Oc2ccccc2F)CC1)c1ccccc1. The van der Waals surface area contributed by atoms with E-state index in [1.165, 1.54) is 6.07 Å². The van der Waals surface area contributed by atoms with Gasteiger partial charge in [-0.15, -0.1) is 0 Å². The number of piperidine rings is 1. The zero-order valence-electron chi connectivity index (χ0n) is 13.8. The van der Waals surface area contributed by atoms with Crippen molar-refractivity contribution in [3.63, 3.8) is 0 Å². The zero-order chi connectivity index (χ0) is 16.8. The normalized spacial score (nSPS) is 17.6. The van der Waals surface area contributed by atoms with Gasteiger partial charge >= 0.3 is 0 Å². The minimum atomic E-state index is -0.418. The first-order valence-corrected chi connectivity index (χ1v) is 8.59. The predicted molar refractivity (Wildman–Crippen MR) is 92.5 cm³/mol. The van der Waals surface area contributed by atoms with Crippen molar-refractivity contribution in [1.29, 1.82) is 0 Å². The predicted octanol–water partition coefficient (Wildman–Crippen LogP) is 3.79. The number of ether oxygens (including phenoxy) is 1. The summed E-state index contributed by atoms with van der Waals surface area (Å²) in [7, 11) is 0. The van der Waals surface area contributed by atoms with Crippen molar-refractivity contribution in [1.82, 2.24) is 4.90 Å². The first kappa shape index (κ1) is 16.9. The maximum absolute atomic E-state index is 13.6. The van der Waals surface area contributed by atoms with E-state index in [-0.39, 0.29) is 11.9 Å². The van der Waals surface area contributed by atoms with Crippen LogP contribution in [0.25, 0.3) is 0 Å². The lowest BCUT2D eigenvalue weighted by Crippen LogP contribution is -2.39. The number of para-hydroxylation sites is 1. The smallest absolute Gasteiger partial charge is 0.165 e. The molecule has 1 atom stereocenters. The standard InChI is InChI=1S/C20H24FNO2/c21-18-8-4-5-9-20(18)24-17-10-13-22(14-11-17)15-12-19(23)16-6-2-1-3-7-16/h1-9,17,19,23H,10-15H2/t19-/m0/s1. The van der Waals surface area contributed by atoms with E-state index in [4.69, 9.17) is 4.74 Å². The van der Waals surface area contributed by atoms with Crippen LogP contribution >= 0.6 is 0 Å². The molecule has 2 aromatic carbocycles. The molecule has 1 fully saturated rings. The summed E-state index contributed by atoms with van der Waals surface area (Å²) in [4.78, 5) is 2.34. The number of aliphatic hydroxyl groups excluding tert-OH is 1. The molecule has 0 spiro atoms.